The Kier molecular flexibility index (Phi) is 3.17. The molecule has 0 aliphatic carbocycles. The molecule has 3 nitrogen and oxygen atoms in total. The van der Waals surface area contributed by atoms with Crippen molar-refractivity contribution in [3.8, 4) is 0 Å². The monoisotopic (exact) mass is 262 g/mol. The van der Waals surface area contributed by atoms with Gasteiger partial charge in [0.2, 0.25) is 8.32 Å². The van der Waals surface area contributed by atoms with Crippen LogP contribution in [-0.2, 0) is 0 Å². The zero-order valence-corrected chi connectivity index (χ0v) is 12.2. The molecule has 1 aromatic carbocycles. The molecule has 0 atom stereocenters. The van der Waals surface area contributed by atoms with Gasteiger partial charge in [-0.2, -0.15) is 0 Å². The molecule has 2 rings (SSSR count). The summed E-state index contributed by atoms with van der Waals surface area (Å²) in [5.41, 5.74) is 1.40. The number of hydrogen-bond donors (Lipinski definition) is 1. The fraction of sp³-hybridized carbons (Fsp3) is 0.357. The summed E-state index contributed by atoms with van der Waals surface area (Å²) in [6.45, 7) is 7.45. The van der Waals surface area contributed by atoms with E-state index in [1.165, 1.54) is 0 Å². The molecule has 1 N–H and O–H groups in total. The van der Waals surface area contributed by atoms with Gasteiger partial charge in [-0.15, -0.1) is 0 Å². The number of rotatable bonds is 3. The first-order valence-corrected chi connectivity index (χ1v) is 9.03. The first-order valence-electron chi connectivity index (χ1n) is 6.09. The molecule has 0 aliphatic heterocycles. The van der Waals surface area contributed by atoms with Crippen molar-refractivity contribution in [1.82, 2.24) is 0 Å². The van der Waals surface area contributed by atoms with E-state index in [1.54, 1.807) is 18.4 Å². The minimum atomic E-state index is -2.44. The summed E-state index contributed by atoms with van der Waals surface area (Å²) < 4.78 is 5.43. The van der Waals surface area contributed by atoms with Gasteiger partial charge in [0.15, 0.2) is 5.78 Å². The Balaban J connectivity index is 2.59. The molecule has 0 unspecified atom stereocenters. The van der Waals surface area contributed by atoms with E-state index in [0.717, 1.165) is 16.2 Å². The van der Waals surface area contributed by atoms with Gasteiger partial charge in [0, 0.05) is 22.1 Å². The Labute approximate surface area is 108 Å². The molecule has 0 saturated heterocycles. The van der Waals surface area contributed by atoms with Crippen molar-refractivity contribution in [1.29, 1.82) is 0 Å². The second-order valence-electron chi connectivity index (χ2n) is 5.44. The maximum atomic E-state index is 12.0. The molecule has 0 radical (unpaired) electrons. The summed E-state index contributed by atoms with van der Waals surface area (Å²) in [5.74, 6) is 0.0821. The Hall–Kier alpha value is -1.39. The molecule has 1 heterocycles. The number of ketones is 1. The topological polar surface area (TPSA) is 50.4 Å². The van der Waals surface area contributed by atoms with Crippen LogP contribution in [0.5, 0.6) is 0 Å². The predicted octanol–water partition coefficient (Wildman–Crippen LogP) is 2.68. The SMILES string of the molecule is CC(C)C(=O)c1ccc2occ([Si](C)(C)O)c2c1. The molecular weight excluding hydrogens is 244 g/mol. The van der Waals surface area contributed by atoms with Gasteiger partial charge in [0.05, 0.1) is 6.26 Å². The minimum Gasteiger partial charge on any atom is -0.464 e. The summed E-state index contributed by atoms with van der Waals surface area (Å²) in [7, 11) is -2.44. The van der Waals surface area contributed by atoms with Gasteiger partial charge in [0.25, 0.3) is 0 Å². The fourth-order valence-corrected chi connectivity index (χ4v) is 3.19. The summed E-state index contributed by atoms with van der Waals surface area (Å²) in [6, 6.07) is 5.42. The van der Waals surface area contributed by atoms with E-state index in [1.807, 2.05) is 33.0 Å². The van der Waals surface area contributed by atoms with Gasteiger partial charge in [-0.1, -0.05) is 13.8 Å². The van der Waals surface area contributed by atoms with Gasteiger partial charge >= 0.3 is 0 Å². The highest BCUT2D eigenvalue weighted by atomic mass is 28.4. The lowest BCUT2D eigenvalue weighted by Gasteiger charge is -2.12. The highest BCUT2D eigenvalue weighted by Crippen LogP contribution is 2.20. The largest absolute Gasteiger partial charge is 0.464 e. The van der Waals surface area contributed by atoms with Crippen molar-refractivity contribution in [3.63, 3.8) is 0 Å². The van der Waals surface area contributed by atoms with Crippen LogP contribution in [0.2, 0.25) is 13.1 Å². The Bertz CT molecular complexity index is 591. The number of fused-ring (bicyclic) bond motifs is 1. The highest BCUT2D eigenvalue weighted by molar-refractivity contribution is 6.85. The van der Waals surface area contributed by atoms with Crippen LogP contribution >= 0.6 is 0 Å². The molecule has 1 aromatic heterocycles. The number of Topliss-reactive ketones (excluding diaryl/α,β-unsaturated/α-hetero) is 1. The van der Waals surface area contributed by atoms with Crippen LogP contribution in [0.25, 0.3) is 11.0 Å². The minimum absolute atomic E-state index is 0.0304. The van der Waals surface area contributed by atoms with Crippen molar-refractivity contribution in [2.24, 2.45) is 5.92 Å². The van der Waals surface area contributed by atoms with E-state index < -0.39 is 8.32 Å². The Morgan fingerprint density at radius 2 is 2.00 bits per heavy atom. The molecule has 2 aromatic rings. The Morgan fingerprint density at radius 3 is 2.56 bits per heavy atom. The van der Waals surface area contributed by atoms with Gasteiger partial charge in [-0.25, -0.2) is 0 Å². The van der Waals surface area contributed by atoms with Crippen LogP contribution in [0.1, 0.15) is 24.2 Å². The van der Waals surface area contributed by atoms with Crippen molar-refractivity contribution in [3.05, 3.63) is 30.0 Å². The fourth-order valence-electron chi connectivity index (χ4n) is 1.99. The number of hydrogen-bond acceptors (Lipinski definition) is 3. The first kappa shape index (κ1) is 13.0. The van der Waals surface area contributed by atoms with E-state index in [9.17, 15) is 9.59 Å². The maximum Gasteiger partial charge on any atom is 0.217 e. The van der Waals surface area contributed by atoms with E-state index >= 15 is 0 Å². The number of furan rings is 1. The number of benzene rings is 1. The lowest BCUT2D eigenvalue weighted by Crippen LogP contribution is -2.40. The second-order valence-corrected chi connectivity index (χ2v) is 9.09. The van der Waals surface area contributed by atoms with Crippen molar-refractivity contribution in [2.75, 3.05) is 0 Å². The van der Waals surface area contributed by atoms with Crippen molar-refractivity contribution < 1.29 is 14.0 Å². The molecule has 0 fully saturated rings. The summed E-state index contributed by atoms with van der Waals surface area (Å²) in [4.78, 5) is 22.2. The van der Waals surface area contributed by atoms with Crippen LogP contribution in [0, 0.1) is 5.92 Å². The zero-order valence-electron chi connectivity index (χ0n) is 11.2. The molecule has 0 saturated carbocycles. The third-order valence-electron chi connectivity index (χ3n) is 3.04. The maximum absolute atomic E-state index is 12.0. The molecule has 96 valence electrons. The second kappa shape index (κ2) is 4.37. The first-order chi connectivity index (χ1) is 8.30. The summed E-state index contributed by atoms with van der Waals surface area (Å²) in [6.07, 6.45) is 1.61. The predicted molar refractivity (Wildman–Crippen MR) is 74.7 cm³/mol. The quantitative estimate of drug-likeness (QED) is 0.683. The lowest BCUT2D eigenvalue weighted by atomic mass is 10.0. The van der Waals surface area contributed by atoms with Gasteiger partial charge < -0.3 is 9.21 Å². The van der Waals surface area contributed by atoms with Gasteiger partial charge in [-0.3, -0.25) is 4.79 Å². The normalized spacial score (nSPS) is 12.3. The standard InChI is InChI=1S/C14H18O3Si/c1-9(2)14(15)10-5-6-12-11(7-10)13(8-17-12)18(3,4)16/h5-9,16H,1-4H3. The van der Waals surface area contributed by atoms with Crippen LogP contribution in [0.4, 0.5) is 0 Å². The summed E-state index contributed by atoms with van der Waals surface area (Å²) in [5, 5.41) is 1.71. The molecular formula is C14H18O3Si. The van der Waals surface area contributed by atoms with E-state index in [-0.39, 0.29) is 11.7 Å². The van der Waals surface area contributed by atoms with Crippen molar-refractivity contribution >= 4 is 30.3 Å². The number of carbonyl (C=O) groups is 1. The lowest BCUT2D eigenvalue weighted by molar-refractivity contribution is 0.0939. The molecule has 0 bridgehead atoms. The van der Waals surface area contributed by atoms with Crippen molar-refractivity contribution in [2.45, 2.75) is 26.9 Å². The molecule has 0 aliphatic rings. The average molecular weight is 262 g/mol. The van der Waals surface area contributed by atoms with Crippen LogP contribution in [0.3, 0.4) is 0 Å². The Morgan fingerprint density at radius 1 is 1.33 bits per heavy atom. The summed E-state index contributed by atoms with van der Waals surface area (Å²) >= 11 is 0. The third kappa shape index (κ3) is 2.26. The molecule has 4 heteroatoms. The van der Waals surface area contributed by atoms with Crippen LogP contribution in [0.15, 0.2) is 28.9 Å². The van der Waals surface area contributed by atoms with Gasteiger partial charge in [-0.05, 0) is 31.3 Å². The highest BCUT2D eigenvalue weighted by Gasteiger charge is 2.25. The van der Waals surface area contributed by atoms with E-state index in [4.69, 9.17) is 4.42 Å². The molecule has 0 amide bonds. The average Bonchev–Trinajstić information content (AvgIpc) is 2.69. The zero-order chi connectivity index (χ0) is 13.5. The van der Waals surface area contributed by atoms with E-state index in [0.29, 0.717) is 5.56 Å². The molecule has 0 spiro atoms. The smallest absolute Gasteiger partial charge is 0.217 e. The van der Waals surface area contributed by atoms with Crippen LogP contribution in [-0.4, -0.2) is 18.9 Å². The third-order valence-corrected chi connectivity index (χ3v) is 4.75. The number of carbonyl (C=O) groups excluding carboxylic acids is 1. The van der Waals surface area contributed by atoms with E-state index in [2.05, 4.69) is 0 Å². The molecule has 18 heavy (non-hydrogen) atoms. The van der Waals surface area contributed by atoms with Gasteiger partial charge in [0.1, 0.15) is 5.58 Å². The van der Waals surface area contributed by atoms with Crippen LogP contribution < -0.4 is 5.19 Å².